The summed E-state index contributed by atoms with van der Waals surface area (Å²) in [6.07, 6.45) is 1.54. The number of aromatic amines is 1. The molecule has 162 valence electrons. The number of ether oxygens (including phenoxy) is 1. The zero-order chi connectivity index (χ0) is 20.8. The number of fused-ring (bicyclic) bond motifs is 1. The topological polar surface area (TPSA) is 149 Å². The Morgan fingerprint density at radius 1 is 1.27 bits per heavy atom. The van der Waals surface area contributed by atoms with Gasteiger partial charge in [-0.15, -0.1) is 12.4 Å². The highest BCUT2D eigenvalue weighted by Gasteiger charge is 2.10. The molecule has 0 spiro atoms. The molecule has 13 heteroatoms. The van der Waals surface area contributed by atoms with Gasteiger partial charge in [0, 0.05) is 6.54 Å². The van der Waals surface area contributed by atoms with Crippen LogP contribution in [0.1, 0.15) is 5.56 Å². The molecule has 2 heterocycles. The SMILES string of the molecule is Cl.NC(N)=NCCOCCn1ncc2nc(NCc3ccc(Cl)c(Cl)c3)[nH]c(=O)c21. The summed E-state index contributed by atoms with van der Waals surface area (Å²) in [4.78, 5) is 23.4. The van der Waals surface area contributed by atoms with Crippen molar-refractivity contribution in [1.29, 1.82) is 0 Å². The number of aromatic nitrogens is 4. The van der Waals surface area contributed by atoms with Gasteiger partial charge in [-0.1, -0.05) is 29.3 Å². The summed E-state index contributed by atoms with van der Waals surface area (Å²) < 4.78 is 6.98. The summed E-state index contributed by atoms with van der Waals surface area (Å²) in [5.74, 6) is 0.356. The van der Waals surface area contributed by atoms with Gasteiger partial charge in [0.15, 0.2) is 11.5 Å². The van der Waals surface area contributed by atoms with E-state index in [2.05, 4.69) is 25.4 Å². The van der Waals surface area contributed by atoms with Crippen LogP contribution in [0.25, 0.3) is 11.0 Å². The molecule has 0 fully saturated rings. The number of nitrogens with two attached hydrogens (primary N) is 2. The molecule has 0 saturated carbocycles. The molecule has 0 atom stereocenters. The molecule has 10 nitrogen and oxygen atoms in total. The molecule has 2 aromatic heterocycles. The molecular weight excluding hydrogens is 455 g/mol. The van der Waals surface area contributed by atoms with Crippen molar-refractivity contribution >= 4 is 58.6 Å². The quantitative estimate of drug-likeness (QED) is 0.209. The second-order valence-corrected chi connectivity index (χ2v) is 6.85. The Labute approximate surface area is 188 Å². The maximum atomic E-state index is 12.5. The molecule has 0 unspecified atom stereocenters. The van der Waals surface area contributed by atoms with Crippen molar-refractivity contribution in [3.63, 3.8) is 0 Å². The van der Waals surface area contributed by atoms with Gasteiger partial charge < -0.3 is 21.5 Å². The average molecular weight is 476 g/mol. The van der Waals surface area contributed by atoms with Crippen LogP contribution in [0, 0.1) is 0 Å². The van der Waals surface area contributed by atoms with E-state index >= 15 is 0 Å². The van der Waals surface area contributed by atoms with Crippen LogP contribution < -0.4 is 22.3 Å². The molecule has 0 aliphatic rings. The lowest BCUT2D eigenvalue weighted by molar-refractivity contribution is 0.132. The number of nitrogens with zero attached hydrogens (tertiary/aromatic N) is 4. The van der Waals surface area contributed by atoms with Gasteiger partial charge in [0.25, 0.3) is 5.56 Å². The summed E-state index contributed by atoms with van der Waals surface area (Å²) in [7, 11) is 0. The first-order valence-electron chi connectivity index (χ1n) is 8.71. The van der Waals surface area contributed by atoms with Crippen LogP contribution in [0.4, 0.5) is 5.95 Å². The standard InChI is InChI=1S/C17H20Cl2N8O2.ClH/c18-11-2-1-10(7-12(11)19)8-23-17-25-13-9-24-27(14(13)15(28)26-17)4-6-29-5-3-22-16(20)21;/h1-2,7,9H,3-6,8H2,(H4,20,21,22)(H2,23,25,26,28);1H. The van der Waals surface area contributed by atoms with E-state index in [-0.39, 0.29) is 23.9 Å². The molecule has 0 aliphatic heterocycles. The van der Waals surface area contributed by atoms with E-state index in [9.17, 15) is 4.79 Å². The van der Waals surface area contributed by atoms with E-state index in [0.717, 1.165) is 5.56 Å². The molecule has 0 bridgehead atoms. The molecule has 0 radical (unpaired) electrons. The van der Waals surface area contributed by atoms with Crippen molar-refractivity contribution in [2.24, 2.45) is 16.5 Å². The first kappa shape index (κ1) is 23.7. The fourth-order valence-electron chi connectivity index (χ4n) is 2.59. The van der Waals surface area contributed by atoms with Gasteiger partial charge in [-0.05, 0) is 17.7 Å². The molecule has 0 aliphatic carbocycles. The largest absolute Gasteiger partial charge is 0.378 e. The van der Waals surface area contributed by atoms with Crippen molar-refractivity contribution in [2.45, 2.75) is 13.1 Å². The third kappa shape index (κ3) is 6.23. The Balaban J connectivity index is 0.00000320. The first-order chi connectivity index (χ1) is 13.9. The minimum Gasteiger partial charge on any atom is -0.378 e. The fraction of sp³-hybridized carbons (Fsp3) is 0.294. The van der Waals surface area contributed by atoms with E-state index in [1.165, 1.54) is 6.20 Å². The Bertz CT molecular complexity index is 1080. The Kier molecular flexibility index (Phi) is 8.72. The Morgan fingerprint density at radius 2 is 2.07 bits per heavy atom. The summed E-state index contributed by atoms with van der Waals surface area (Å²) in [6, 6.07) is 5.30. The van der Waals surface area contributed by atoms with Gasteiger partial charge in [-0.3, -0.25) is 19.5 Å². The summed E-state index contributed by atoms with van der Waals surface area (Å²) in [5, 5.41) is 8.22. The number of hydrogen-bond acceptors (Lipinski definition) is 6. The van der Waals surface area contributed by atoms with Crippen LogP contribution in [-0.4, -0.2) is 45.5 Å². The number of halogens is 3. The number of H-pyrrole nitrogens is 1. The predicted molar refractivity (Wildman–Crippen MR) is 121 cm³/mol. The van der Waals surface area contributed by atoms with E-state index in [4.69, 9.17) is 39.4 Å². The smallest absolute Gasteiger partial charge is 0.278 e. The maximum absolute atomic E-state index is 12.5. The number of aliphatic imine (C=N–C) groups is 1. The van der Waals surface area contributed by atoms with Crippen molar-refractivity contribution in [3.8, 4) is 0 Å². The highest BCUT2D eigenvalue weighted by Crippen LogP contribution is 2.22. The second kappa shape index (κ2) is 11.0. The minimum absolute atomic E-state index is 0. The van der Waals surface area contributed by atoms with Crippen molar-refractivity contribution in [1.82, 2.24) is 19.7 Å². The van der Waals surface area contributed by atoms with Crippen LogP contribution in [0.15, 0.2) is 34.2 Å². The summed E-state index contributed by atoms with van der Waals surface area (Å²) >= 11 is 11.9. The van der Waals surface area contributed by atoms with Gasteiger partial charge in [-0.2, -0.15) is 5.10 Å². The van der Waals surface area contributed by atoms with Crippen molar-refractivity contribution in [3.05, 3.63) is 50.4 Å². The maximum Gasteiger partial charge on any atom is 0.278 e. The average Bonchev–Trinajstić information content (AvgIpc) is 3.09. The predicted octanol–water partition coefficient (Wildman–Crippen LogP) is 1.75. The van der Waals surface area contributed by atoms with E-state index in [1.54, 1.807) is 16.8 Å². The lowest BCUT2D eigenvalue weighted by Crippen LogP contribution is -2.23. The zero-order valence-corrected chi connectivity index (χ0v) is 18.1. The van der Waals surface area contributed by atoms with Crippen LogP contribution in [0.3, 0.4) is 0 Å². The van der Waals surface area contributed by atoms with E-state index in [1.807, 2.05) is 6.07 Å². The van der Waals surface area contributed by atoms with Crippen LogP contribution in [-0.2, 0) is 17.8 Å². The first-order valence-corrected chi connectivity index (χ1v) is 9.46. The monoisotopic (exact) mass is 474 g/mol. The third-order valence-corrected chi connectivity index (χ3v) is 4.66. The molecule has 0 saturated heterocycles. The third-order valence-electron chi connectivity index (χ3n) is 3.92. The van der Waals surface area contributed by atoms with E-state index in [0.29, 0.717) is 59.9 Å². The normalized spacial score (nSPS) is 10.6. The van der Waals surface area contributed by atoms with Gasteiger partial charge in [-0.25, -0.2) is 4.98 Å². The van der Waals surface area contributed by atoms with Gasteiger partial charge in [0.2, 0.25) is 5.95 Å². The van der Waals surface area contributed by atoms with E-state index < -0.39 is 0 Å². The highest BCUT2D eigenvalue weighted by molar-refractivity contribution is 6.42. The number of guanidine groups is 1. The zero-order valence-electron chi connectivity index (χ0n) is 15.8. The summed E-state index contributed by atoms with van der Waals surface area (Å²) in [6.45, 7) is 1.91. The van der Waals surface area contributed by atoms with Crippen molar-refractivity contribution < 1.29 is 4.74 Å². The molecule has 6 N–H and O–H groups in total. The molecule has 1 aromatic carbocycles. The molecule has 3 rings (SSSR count). The van der Waals surface area contributed by atoms with Crippen LogP contribution in [0.5, 0.6) is 0 Å². The number of nitrogens with one attached hydrogen (secondary N) is 2. The highest BCUT2D eigenvalue weighted by atomic mass is 35.5. The fourth-order valence-corrected chi connectivity index (χ4v) is 2.91. The van der Waals surface area contributed by atoms with Gasteiger partial charge in [0.1, 0.15) is 5.52 Å². The van der Waals surface area contributed by atoms with Crippen molar-refractivity contribution in [2.75, 3.05) is 25.1 Å². The summed E-state index contributed by atoms with van der Waals surface area (Å²) in [5.41, 5.74) is 11.9. The number of benzene rings is 1. The minimum atomic E-state index is -0.301. The number of hydrogen-bond donors (Lipinski definition) is 4. The van der Waals surface area contributed by atoms with Gasteiger partial charge in [0.05, 0.1) is 42.5 Å². The Morgan fingerprint density at radius 3 is 2.80 bits per heavy atom. The molecule has 0 amide bonds. The number of anilines is 1. The lowest BCUT2D eigenvalue weighted by atomic mass is 10.2. The molecular formula is C17H21Cl3N8O2. The van der Waals surface area contributed by atoms with Crippen LogP contribution >= 0.6 is 35.6 Å². The van der Waals surface area contributed by atoms with Crippen LogP contribution in [0.2, 0.25) is 10.0 Å². The Hall–Kier alpha value is -2.53. The number of rotatable bonds is 9. The second-order valence-electron chi connectivity index (χ2n) is 6.04. The van der Waals surface area contributed by atoms with Gasteiger partial charge >= 0.3 is 0 Å². The molecule has 30 heavy (non-hydrogen) atoms. The lowest BCUT2D eigenvalue weighted by Gasteiger charge is -2.07. The molecule has 3 aromatic rings.